The SMILES string of the molecule is c1ccc(-c2ccc(N(c3ccc(-c4ccccc4)cc3)c3cccc4c3Oc3ccc(N(c5ccc(-c6ccccc6)cc5)c5ccc(-c6cccc7c6oc6ccccc67)cc5)c5cccc-4c35)cc2)cc1. The van der Waals surface area contributed by atoms with Crippen molar-refractivity contribution in [2.24, 2.45) is 0 Å². The highest BCUT2D eigenvalue weighted by molar-refractivity contribution is 6.12. The number of nitrogens with zero attached hydrogens (tertiary/aromatic N) is 2. The Morgan fingerprint density at radius 1 is 0.257 bits per heavy atom. The minimum Gasteiger partial charge on any atom is -0.455 e. The van der Waals surface area contributed by atoms with E-state index in [1.165, 1.54) is 16.7 Å². The van der Waals surface area contributed by atoms with Gasteiger partial charge in [0.15, 0.2) is 5.75 Å². The van der Waals surface area contributed by atoms with Crippen molar-refractivity contribution in [2.45, 2.75) is 0 Å². The number of para-hydroxylation sites is 3. The van der Waals surface area contributed by atoms with E-state index in [0.29, 0.717) is 0 Å². The van der Waals surface area contributed by atoms with Gasteiger partial charge in [0.25, 0.3) is 0 Å². The zero-order chi connectivity index (χ0) is 49.0. The Labute approximate surface area is 429 Å². The van der Waals surface area contributed by atoms with Crippen LogP contribution in [0.15, 0.2) is 283 Å². The molecular weight excluding hydrogens is 901 g/mol. The Morgan fingerprint density at radius 3 is 1.23 bits per heavy atom. The first-order chi connectivity index (χ1) is 36.7. The Balaban J connectivity index is 0.892. The molecule has 1 aromatic heterocycles. The molecular formula is C70H46N2O2. The monoisotopic (exact) mass is 946 g/mol. The first-order valence-electron chi connectivity index (χ1n) is 25.1. The molecule has 74 heavy (non-hydrogen) atoms. The van der Waals surface area contributed by atoms with Crippen molar-refractivity contribution in [1.29, 1.82) is 0 Å². The fraction of sp³-hybridized carbons (Fsp3) is 0. The maximum absolute atomic E-state index is 7.25. The normalized spacial score (nSPS) is 11.6. The third-order valence-corrected chi connectivity index (χ3v) is 14.5. The van der Waals surface area contributed by atoms with E-state index in [9.17, 15) is 0 Å². The van der Waals surface area contributed by atoms with Crippen LogP contribution < -0.4 is 14.5 Å². The van der Waals surface area contributed by atoms with Crippen LogP contribution in [0.1, 0.15) is 0 Å². The van der Waals surface area contributed by atoms with Gasteiger partial charge in [-0.25, -0.2) is 0 Å². The number of rotatable bonds is 10. The van der Waals surface area contributed by atoms with Gasteiger partial charge in [-0.2, -0.15) is 0 Å². The zero-order valence-electron chi connectivity index (χ0n) is 40.3. The molecule has 1 aliphatic rings. The van der Waals surface area contributed by atoms with Crippen LogP contribution >= 0.6 is 0 Å². The lowest BCUT2D eigenvalue weighted by molar-refractivity contribution is 0.488. The highest BCUT2D eigenvalue weighted by Gasteiger charge is 2.29. The molecule has 0 radical (unpaired) electrons. The highest BCUT2D eigenvalue weighted by atomic mass is 16.5. The summed E-state index contributed by atoms with van der Waals surface area (Å²) in [6.07, 6.45) is 0. The first-order valence-corrected chi connectivity index (χ1v) is 25.1. The van der Waals surface area contributed by atoms with Gasteiger partial charge in [0.1, 0.15) is 16.9 Å². The van der Waals surface area contributed by atoms with E-state index in [1.807, 2.05) is 12.1 Å². The van der Waals surface area contributed by atoms with Gasteiger partial charge in [-0.1, -0.05) is 206 Å². The summed E-state index contributed by atoms with van der Waals surface area (Å²) in [7, 11) is 0. The predicted octanol–water partition coefficient (Wildman–Crippen LogP) is 20.1. The third-order valence-electron chi connectivity index (χ3n) is 14.5. The minimum absolute atomic E-state index is 0.808. The maximum Gasteiger partial charge on any atom is 0.159 e. The fourth-order valence-corrected chi connectivity index (χ4v) is 10.9. The second-order valence-electron chi connectivity index (χ2n) is 18.8. The van der Waals surface area contributed by atoms with Crippen molar-refractivity contribution in [3.05, 3.63) is 279 Å². The maximum atomic E-state index is 7.25. The molecule has 0 N–H and O–H groups in total. The molecule has 0 atom stereocenters. The van der Waals surface area contributed by atoms with Crippen molar-refractivity contribution in [2.75, 3.05) is 9.80 Å². The van der Waals surface area contributed by atoms with Crippen LogP contribution in [0.25, 0.3) is 88.3 Å². The number of ether oxygens (including phenoxy) is 1. The van der Waals surface area contributed by atoms with Crippen LogP contribution in [-0.2, 0) is 0 Å². The Kier molecular flexibility index (Phi) is 10.5. The van der Waals surface area contributed by atoms with E-state index in [-0.39, 0.29) is 0 Å². The van der Waals surface area contributed by atoms with Crippen LogP contribution in [0.5, 0.6) is 11.5 Å². The Hall–Kier alpha value is -9.90. The molecule has 0 aliphatic carbocycles. The molecule has 4 nitrogen and oxygen atoms in total. The second-order valence-corrected chi connectivity index (χ2v) is 18.8. The summed E-state index contributed by atoms with van der Waals surface area (Å²) in [5.41, 5.74) is 19.3. The number of anilines is 6. The molecule has 0 fully saturated rings. The molecule has 4 heteroatoms. The van der Waals surface area contributed by atoms with E-state index in [2.05, 4.69) is 277 Å². The quantitative estimate of drug-likeness (QED) is 0.137. The topological polar surface area (TPSA) is 28.9 Å². The summed E-state index contributed by atoms with van der Waals surface area (Å²) in [5, 5.41) is 4.39. The van der Waals surface area contributed by atoms with Gasteiger partial charge in [0.2, 0.25) is 0 Å². The number of hydrogen-bond acceptors (Lipinski definition) is 4. The molecule has 2 heterocycles. The van der Waals surface area contributed by atoms with Gasteiger partial charge in [-0.05, 0) is 117 Å². The molecule has 0 saturated carbocycles. The molecule has 348 valence electrons. The molecule has 12 aromatic carbocycles. The molecule has 0 amide bonds. The minimum atomic E-state index is 0.808. The second kappa shape index (κ2) is 18.1. The summed E-state index contributed by atoms with van der Waals surface area (Å²) >= 11 is 0. The summed E-state index contributed by atoms with van der Waals surface area (Å²) in [4.78, 5) is 4.69. The fourth-order valence-electron chi connectivity index (χ4n) is 10.9. The van der Waals surface area contributed by atoms with Gasteiger partial charge in [-0.3, -0.25) is 0 Å². The van der Waals surface area contributed by atoms with Crippen molar-refractivity contribution in [3.8, 4) is 67.1 Å². The van der Waals surface area contributed by atoms with E-state index in [0.717, 1.165) is 117 Å². The van der Waals surface area contributed by atoms with Gasteiger partial charge in [-0.15, -0.1) is 0 Å². The van der Waals surface area contributed by atoms with Crippen LogP contribution in [-0.4, -0.2) is 0 Å². The molecule has 0 saturated heterocycles. The van der Waals surface area contributed by atoms with E-state index in [4.69, 9.17) is 9.15 Å². The van der Waals surface area contributed by atoms with E-state index >= 15 is 0 Å². The van der Waals surface area contributed by atoms with Gasteiger partial charge >= 0.3 is 0 Å². The lowest BCUT2D eigenvalue weighted by atomic mass is 9.92. The molecule has 0 spiro atoms. The van der Waals surface area contributed by atoms with Crippen LogP contribution in [0.3, 0.4) is 0 Å². The van der Waals surface area contributed by atoms with Crippen molar-refractivity contribution in [3.63, 3.8) is 0 Å². The predicted molar refractivity (Wildman–Crippen MR) is 308 cm³/mol. The standard InChI is InChI=1S/C70H46N2O2/c1-4-15-47(16-5-1)50-29-37-54(38-30-50)71(55-43-35-53(36-44-55)58-22-12-24-61-59-21-10-11-28-66(59)73-69(58)61)64-45-46-67-68-60(23-13-26-63(64)68)62-25-14-27-65(70(62)74-67)72(56-39-31-51(32-40-56)48-17-6-2-7-18-48)57-41-33-52(34-42-57)49-19-8-3-9-20-49/h1-46H. The summed E-state index contributed by atoms with van der Waals surface area (Å²) < 4.78 is 13.7. The summed E-state index contributed by atoms with van der Waals surface area (Å²) in [5.74, 6) is 1.62. The highest BCUT2D eigenvalue weighted by Crippen LogP contribution is 2.55. The number of furan rings is 1. The van der Waals surface area contributed by atoms with E-state index in [1.54, 1.807) is 0 Å². The average Bonchev–Trinajstić information content (AvgIpc) is 3.89. The smallest absolute Gasteiger partial charge is 0.159 e. The van der Waals surface area contributed by atoms with Gasteiger partial charge in [0.05, 0.1) is 11.4 Å². The van der Waals surface area contributed by atoms with Crippen LogP contribution in [0.4, 0.5) is 34.1 Å². The Morgan fingerprint density at radius 2 is 0.676 bits per heavy atom. The van der Waals surface area contributed by atoms with Crippen molar-refractivity contribution < 1.29 is 9.15 Å². The largest absolute Gasteiger partial charge is 0.455 e. The summed E-state index contributed by atoms with van der Waals surface area (Å²) in [6.45, 7) is 0. The molecule has 13 aromatic rings. The zero-order valence-corrected chi connectivity index (χ0v) is 40.3. The van der Waals surface area contributed by atoms with Crippen molar-refractivity contribution in [1.82, 2.24) is 0 Å². The van der Waals surface area contributed by atoms with Crippen LogP contribution in [0.2, 0.25) is 0 Å². The lowest BCUT2D eigenvalue weighted by Crippen LogP contribution is -2.13. The van der Waals surface area contributed by atoms with E-state index < -0.39 is 0 Å². The molecule has 0 unspecified atom stereocenters. The summed E-state index contributed by atoms with van der Waals surface area (Å²) in [6, 6.07) is 99.3. The van der Waals surface area contributed by atoms with Crippen molar-refractivity contribution >= 4 is 66.8 Å². The van der Waals surface area contributed by atoms with Crippen LogP contribution in [0, 0.1) is 0 Å². The molecule has 0 bridgehead atoms. The van der Waals surface area contributed by atoms with Gasteiger partial charge in [0, 0.05) is 55.4 Å². The number of benzene rings is 12. The first kappa shape index (κ1) is 42.9. The van der Waals surface area contributed by atoms with Gasteiger partial charge < -0.3 is 19.0 Å². The Bertz CT molecular complexity index is 4090. The third kappa shape index (κ3) is 7.48. The molecule has 1 aliphatic heterocycles. The number of fused-ring (bicyclic) bond motifs is 5. The number of hydrogen-bond donors (Lipinski definition) is 0. The average molecular weight is 947 g/mol. The lowest BCUT2D eigenvalue weighted by Gasteiger charge is -2.32. The molecule has 14 rings (SSSR count).